The summed E-state index contributed by atoms with van der Waals surface area (Å²) in [7, 11) is 0. The Bertz CT molecular complexity index is 750. The average Bonchev–Trinajstić information content (AvgIpc) is 3.16. The molecule has 1 aliphatic heterocycles. The molecule has 2 aromatic rings. The minimum atomic E-state index is -0.0893. The fourth-order valence-electron chi connectivity index (χ4n) is 3.58. The summed E-state index contributed by atoms with van der Waals surface area (Å²) in [6, 6.07) is 8.24. The Kier molecular flexibility index (Phi) is 5.60. The standard InChI is InChI=1S/C22H29N3O/c1-15(2)19-8-7-9-20(16(3)4)21(19)24-22(26)17-12-18(14-23-13-17)25-10-5-6-11-25/h7-9,12-16H,5-6,10-11H2,1-4H3,(H,24,26). The number of carbonyl (C=O) groups excluding carboxylic acids is 1. The number of benzene rings is 1. The number of anilines is 2. The van der Waals surface area contributed by atoms with Crippen LogP contribution >= 0.6 is 0 Å². The Morgan fingerprint density at radius 2 is 1.65 bits per heavy atom. The molecule has 138 valence electrons. The van der Waals surface area contributed by atoms with Crippen LogP contribution in [0.15, 0.2) is 36.7 Å². The molecule has 0 radical (unpaired) electrons. The van der Waals surface area contributed by atoms with Gasteiger partial charge in [0.2, 0.25) is 0 Å². The van der Waals surface area contributed by atoms with Crippen molar-refractivity contribution in [2.75, 3.05) is 23.3 Å². The largest absolute Gasteiger partial charge is 0.370 e. The van der Waals surface area contributed by atoms with Crippen LogP contribution < -0.4 is 10.2 Å². The molecule has 1 N–H and O–H groups in total. The van der Waals surface area contributed by atoms with Crippen LogP contribution in [0.4, 0.5) is 11.4 Å². The topological polar surface area (TPSA) is 45.2 Å². The molecule has 0 spiro atoms. The van der Waals surface area contributed by atoms with E-state index in [-0.39, 0.29) is 5.91 Å². The maximum Gasteiger partial charge on any atom is 0.257 e. The number of para-hydroxylation sites is 1. The molecule has 1 aromatic heterocycles. The summed E-state index contributed by atoms with van der Waals surface area (Å²) in [5.74, 6) is 0.602. The van der Waals surface area contributed by atoms with Gasteiger partial charge in [-0.3, -0.25) is 9.78 Å². The van der Waals surface area contributed by atoms with E-state index in [1.54, 1.807) is 6.20 Å². The molecule has 0 atom stereocenters. The van der Waals surface area contributed by atoms with Gasteiger partial charge in [-0.1, -0.05) is 45.9 Å². The number of rotatable bonds is 5. The molecule has 4 nitrogen and oxygen atoms in total. The van der Waals surface area contributed by atoms with Gasteiger partial charge in [0.1, 0.15) is 0 Å². The summed E-state index contributed by atoms with van der Waals surface area (Å²) in [5.41, 5.74) is 4.95. The van der Waals surface area contributed by atoms with Gasteiger partial charge in [-0.25, -0.2) is 0 Å². The lowest BCUT2D eigenvalue weighted by atomic mass is 9.92. The van der Waals surface area contributed by atoms with E-state index in [0.29, 0.717) is 17.4 Å². The number of pyridine rings is 1. The Balaban J connectivity index is 1.89. The third-order valence-corrected chi connectivity index (χ3v) is 5.07. The number of hydrogen-bond donors (Lipinski definition) is 1. The second-order valence-electron chi connectivity index (χ2n) is 7.70. The fraction of sp³-hybridized carbons (Fsp3) is 0.455. The fourth-order valence-corrected chi connectivity index (χ4v) is 3.58. The first-order valence-electron chi connectivity index (χ1n) is 9.61. The highest BCUT2D eigenvalue weighted by Crippen LogP contribution is 2.33. The van der Waals surface area contributed by atoms with Crippen molar-refractivity contribution in [3.8, 4) is 0 Å². The number of aromatic nitrogens is 1. The molecule has 1 fully saturated rings. The van der Waals surface area contributed by atoms with Crippen LogP contribution in [0.5, 0.6) is 0 Å². The molecule has 2 heterocycles. The summed E-state index contributed by atoms with van der Waals surface area (Å²) >= 11 is 0. The van der Waals surface area contributed by atoms with Gasteiger partial charge in [0, 0.05) is 25.0 Å². The van der Waals surface area contributed by atoms with Crippen LogP contribution in [0.3, 0.4) is 0 Å². The lowest BCUT2D eigenvalue weighted by Gasteiger charge is -2.21. The van der Waals surface area contributed by atoms with Crippen molar-refractivity contribution in [2.24, 2.45) is 0 Å². The average molecular weight is 351 g/mol. The normalized spacial score (nSPS) is 14.3. The number of nitrogens with zero attached hydrogens (tertiary/aromatic N) is 2. The molecule has 1 saturated heterocycles. The summed E-state index contributed by atoms with van der Waals surface area (Å²) in [5, 5.41) is 3.18. The third kappa shape index (κ3) is 3.90. The van der Waals surface area contributed by atoms with Gasteiger partial charge >= 0.3 is 0 Å². The van der Waals surface area contributed by atoms with Gasteiger partial charge in [-0.15, -0.1) is 0 Å². The molecule has 0 saturated carbocycles. The van der Waals surface area contributed by atoms with E-state index in [9.17, 15) is 4.79 Å². The second kappa shape index (κ2) is 7.90. The van der Waals surface area contributed by atoms with Crippen LogP contribution in [0.2, 0.25) is 0 Å². The SMILES string of the molecule is CC(C)c1cccc(C(C)C)c1NC(=O)c1cncc(N2CCCC2)c1. The molecule has 3 rings (SSSR count). The Hall–Kier alpha value is -2.36. The van der Waals surface area contributed by atoms with E-state index in [1.807, 2.05) is 12.3 Å². The molecule has 26 heavy (non-hydrogen) atoms. The van der Waals surface area contributed by atoms with Crippen LogP contribution in [0.1, 0.15) is 73.9 Å². The van der Waals surface area contributed by atoms with E-state index in [0.717, 1.165) is 24.5 Å². The van der Waals surface area contributed by atoms with Gasteiger partial charge in [0.25, 0.3) is 5.91 Å². The van der Waals surface area contributed by atoms with Crippen molar-refractivity contribution in [1.82, 2.24) is 4.98 Å². The highest BCUT2D eigenvalue weighted by atomic mass is 16.1. The molecule has 1 aliphatic rings. The van der Waals surface area contributed by atoms with Gasteiger partial charge in [0.15, 0.2) is 0 Å². The third-order valence-electron chi connectivity index (χ3n) is 5.07. The number of amides is 1. The Labute approximate surface area is 156 Å². The van der Waals surface area contributed by atoms with E-state index in [2.05, 4.69) is 61.1 Å². The highest BCUT2D eigenvalue weighted by Gasteiger charge is 2.18. The molecule has 1 amide bonds. The zero-order chi connectivity index (χ0) is 18.7. The van der Waals surface area contributed by atoms with Crippen molar-refractivity contribution in [3.05, 3.63) is 53.3 Å². The summed E-state index contributed by atoms with van der Waals surface area (Å²) < 4.78 is 0. The van der Waals surface area contributed by atoms with Gasteiger partial charge in [0.05, 0.1) is 17.4 Å². The van der Waals surface area contributed by atoms with Crippen molar-refractivity contribution in [1.29, 1.82) is 0 Å². The quantitative estimate of drug-likeness (QED) is 0.807. The lowest BCUT2D eigenvalue weighted by molar-refractivity contribution is 0.102. The molecule has 0 bridgehead atoms. The first-order valence-corrected chi connectivity index (χ1v) is 9.61. The number of nitrogens with one attached hydrogen (secondary N) is 1. The molecule has 1 aromatic carbocycles. The minimum absolute atomic E-state index is 0.0893. The van der Waals surface area contributed by atoms with Crippen molar-refractivity contribution < 1.29 is 4.79 Å². The zero-order valence-corrected chi connectivity index (χ0v) is 16.2. The zero-order valence-electron chi connectivity index (χ0n) is 16.2. The Morgan fingerprint density at radius 3 is 2.23 bits per heavy atom. The second-order valence-corrected chi connectivity index (χ2v) is 7.70. The first-order chi connectivity index (χ1) is 12.5. The summed E-state index contributed by atoms with van der Waals surface area (Å²) in [4.78, 5) is 19.6. The minimum Gasteiger partial charge on any atom is -0.370 e. The van der Waals surface area contributed by atoms with E-state index < -0.39 is 0 Å². The van der Waals surface area contributed by atoms with E-state index >= 15 is 0 Å². The Morgan fingerprint density at radius 1 is 1.04 bits per heavy atom. The van der Waals surface area contributed by atoms with Crippen LogP contribution in [0, 0.1) is 0 Å². The van der Waals surface area contributed by atoms with E-state index in [4.69, 9.17) is 0 Å². The molecular weight excluding hydrogens is 322 g/mol. The van der Waals surface area contributed by atoms with Crippen LogP contribution in [-0.4, -0.2) is 24.0 Å². The molecular formula is C22H29N3O. The highest BCUT2D eigenvalue weighted by molar-refractivity contribution is 6.05. The summed E-state index contributed by atoms with van der Waals surface area (Å²) in [6.07, 6.45) is 5.91. The van der Waals surface area contributed by atoms with Crippen molar-refractivity contribution in [3.63, 3.8) is 0 Å². The summed E-state index contributed by atoms with van der Waals surface area (Å²) in [6.45, 7) is 10.7. The number of carbonyl (C=O) groups is 1. The van der Waals surface area contributed by atoms with Crippen molar-refractivity contribution >= 4 is 17.3 Å². The van der Waals surface area contributed by atoms with Crippen molar-refractivity contribution in [2.45, 2.75) is 52.4 Å². The monoisotopic (exact) mass is 351 g/mol. The van der Waals surface area contributed by atoms with Crippen LogP contribution in [-0.2, 0) is 0 Å². The van der Waals surface area contributed by atoms with Gasteiger partial charge < -0.3 is 10.2 Å². The predicted octanol–water partition coefficient (Wildman–Crippen LogP) is 5.18. The van der Waals surface area contributed by atoms with Crippen LogP contribution in [0.25, 0.3) is 0 Å². The molecule has 0 unspecified atom stereocenters. The maximum atomic E-state index is 13.0. The molecule has 0 aliphatic carbocycles. The number of hydrogen-bond acceptors (Lipinski definition) is 3. The van der Waals surface area contributed by atoms with Gasteiger partial charge in [-0.2, -0.15) is 0 Å². The van der Waals surface area contributed by atoms with E-state index in [1.165, 1.54) is 24.0 Å². The lowest BCUT2D eigenvalue weighted by Crippen LogP contribution is -2.20. The smallest absolute Gasteiger partial charge is 0.257 e. The first kappa shape index (κ1) is 18.4. The van der Waals surface area contributed by atoms with Gasteiger partial charge in [-0.05, 0) is 41.9 Å². The maximum absolute atomic E-state index is 13.0. The molecule has 4 heteroatoms. The predicted molar refractivity (Wildman–Crippen MR) is 108 cm³/mol.